The Morgan fingerprint density at radius 3 is 3.12 bits per heavy atom. The van der Waals surface area contributed by atoms with Gasteiger partial charge >= 0.3 is 5.97 Å². The van der Waals surface area contributed by atoms with E-state index in [9.17, 15) is 4.79 Å². The molecule has 0 saturated carbocycles. The predicted octanol–water partition coefficient (Wildman–Crippen LogP) is 2.07. The van der Waals surface area contributed by atoms with Crippen LogP contribution in [0, 0.1) is 0 Å². The van der Waals surface area contributed by atoms with Gasteiger partial charge in [0.15, 0.2) is 0 Å². The maximum atomic E-state index is 10.5. The fourth-order valence-electron chi connectivity index (χ4n) is 2.07. The third kappa shape index (κ3) is 2.10. The quantitative estimate of drug-likeness (QED) is 0.817. The second-order valence-corrected chi connectivity index (χ2v) is 3.96. The summed E-state index contributed by atoms with van der Waals surface area (Å²) in [6.45, 7) is 0.815. The summed E-state index contributed by atoms with van der Waals surface area (Å²) < 4.78 is 5.14. The maximum absolute atomic E-state index is 10.5. The van der Waals surface area contributed by atoms with E-state index in [1.165, 1.54) is 5.56 Å². The van der Waals surface area contributed by atoms with Crippen molar-refractivity contribution in [2.24, 2.45) is 0 Å². The molecule has 86 valence electrons. The third-order valence-electron chi connectivity index (χ3n) is 2.95. The molecule has 1 atom stereocenters. The molecule has 0 aromatic heterocycles. The van der Waals surface area contributed by atoms with E-state index in [1.54, 1.807) is 7.11 Å². The summed E-state index contributed by atoms with van der Waals surface area (Å²) in [6, 6.07) is 5.89. The van der Waals surface area contributed by atoms with E-state index in [4.69, 9.17) is 9.84 Å². The van der Waals surface area contributed by atoms with Crippen LogP contribution in [0.15, 0.2) is 18.2 Å². The number of nitrogens with one attached hydrogen (secondary N) is 1. The Kier molecular flexibility index (Phi) is 2.99. The molecule has 0 amide bonds. The minimum absolute atomic E-state index is 0.220. The molecule has 4 nitrogen and oxygen atoms in total. The number of carbonyl (C=O) groups is 1. The van der Waals surface area contributed by atoms with Gasteiger partial charge in [0.2, 0.25) is 0 Å². The van der Waals surface area contributed by atoms with Gasteiger partial charge in [-0.2, -0.15) is 0 Å². The van der Waals surface area contributed by atoms with Gasteiger partial charge in [-0.15, -0.1) is 0 Å². The lowest BCUT2D eigenvalue weighted by molar-refractivity contribution is -0.137. The average Bonchev–Trinajstić information content (AvgIpc) is 2.68. The lowest BCUT2D eigenvalue weighted by atomic mass is 9.96. The second kappa shape index (κ2) is 4.43. The fraction of sp³-hybridized carbons (Fsp3) is 0.417. The van der Waals surface area contributed by atoms with Crippen LogP contribution in [0.1, 0.15) is 24.3 Å². The molecule has 1 aliphatic rings. The molecule has 0 fully saturated rings. The molecule has 4 heteroatoms. The Labute approximate surface area is 94.2 Å². The Balaban J connectivity index is 2.11. The Hall–Kier alpha value is -1.71. The van der Waals surface area contributed by atoms with Gasteiger partial charge in [-0.3, -0.25) is 4.79 Å². The molecule has 1 aliphatic heterocycles. The smallest absolute Gasteiger partial charge is 0.303 e. The standard InChI is InChI=1S/C12H15NO3/c1-16-9-3-4-10-8(2-5-12(14)15)7-13-11(10)6-9/h3-4,6,8,13H,2,5,7H2,1H3,(H,14,15). The van der Waals surface area contributed by atoms with Crippen molar-refractivity contribution >= 4 is 11.7 Å². The van der Waals surface area contributed by atoms with Crippen LogP contribution in [0.4, 0.5) is 5.69 Å². The number of carboxylic acids is 1. The summed E-state index contributed by atoms with van der Waals surface area (Å²) in [5.74, 6) is 0.393. The van der Waals surface area contributed by atoms with Gasteiger partial charge in [0.1, 0.15) is 5.75 Å². The van der Waals surface area contributed by atoms with Gasteiger partial charge in [0.25, 0.3) is 0 Å². The highest BCUT2D eigenvalue weighted by Gasteiger charge is 2.22. The van der Waals surface area contributed by atoms with E-state index in [0.717, 1.165) is 18.0 Å². The lowest BCUT2D eigenvalue weighted by Crippen LogP contribution is -2.05. The third-order valence-corrected chi connectivity index (χ3v) is 2.95. The van der Waals surface area contributed by atoms with Crippen molar-refractivity contribution in [3.8, 4) is 5.75 Å². The van der Waals surface area contributed by atoms with Gasteiger partial charge in [0.05, 0.1) is 7.11 Å². The minimum Gasteiger partial charge on any atom is -0.497 e. The van der Waals surface area contributed by atoms with Crippen LogP contribution >= 0.6 is 0 Å². The molecule has 0 radical (unpaired) electrons. The number of fused-ring (bicyclic) bond motifs is 1. The number of aliphatic carboxylic acids is 1. The highest BCUT2D eigenvalue weighted by molar-refractivity contribution is 5.67. The molecule has 1 aromatic carbocycles. The first-order valence-corrected chi connectivity index (χ1v) is 5.34. The summed E-state index contributed by atoms with van der Waals surface area (Å²) in [5.41, 5.74) is 2.26. The zero-order valence-electron chi connectivity index (χ0n) is 9.19. The molecule has 1 aromatic rings. The number of hydrogen-bond donors (Lipinski definition) is 2. The maximum Gasteiger partial charge on any atom is 0.303 e. The monoisotopic (exact) mass is 221 g/mol. The molecule has 16 heavy (non-hydrogen) atoms. The van der Waals surface area contributed by atoms with Crippen LogP contribution in [0.25, 0.3) is 0 Å². The first-order valence-electron chi connectivity index (χ1n) is 5.34. The molecule has 0 bridgehead atoms. The highest BCUT2D eigenvalue weighted by Crippen LogP contribution is 2.36. The average molecular weight is 221 g/mol. The number of ether oxygens (including phenoxy) is 1. The van der Waals surface area contributed by atoms with E-state index in [0.29, 0.717) is 12.3 Å². The highest BCUT2D eigenvalue weighted by atomic mass is 16.5. The van der Waals surface area contributed by atoms with Gasteiger partial charge in [-0.05, 0) is 18.1 Å². The number of anilines is 1. The SMILES string of the molecule is COc1ccc2c(c1)NCC2CCC(=O)O. The zero-order valence-corrected chi connectivity index (χ0v) is 9.19. The van der Waals surface area contributed by atoms with Gasteiger partial charge in [0, 0.05) is 30.6 Å². The lowest BCUT2D eigenvalue weighted by Gasteiger charge is -2.08. The molecule has 1 unspecified atom stereocenters. The van der Waals surface area contributed by atoms with E-state index < -0.39 is 5.97 Å². The van der Waals surface area contributed by atoms with Crippen LogP contribution in [0.5, 0.6) is 5.75 Å². The predicted molar refractivity (Wildman–Crippen MR) is 61.1 cm³/mol. The van der Waals surface area contributed by atoms with Gasteiger partial charge in [-0.25, -0.2) is 0 Å². The van der Waals surface area contributed by atoms with Crippen molar-refractivity contribution in [3.05, 3.63) is 23.8 Å². The number of carboxylic acid groups (broad SMARTS) is 1. The van der Waals surface area contributed by atoms with Crippen molar-refractivity contribution in [1.29, 1.82) is 0 Å². The van der Waals surface area contributed by atoms with Crippen LogP contribution in [-0.4, -0.2) is 24.7 Å². The number of hydrogen-bond acceptors (Lipinski definition) is 3. The van der Waals surface area contributed by atoms with Crippen molar-refractivity contribution in [3.63, 3.8) is 0 Å². The Morgan fingerprint density at radius 1 is 1.62 bits per heavy atom. The van der Waals surface area contributed by atoms with Crippen molar-refractivity contribution in [2.75, 3.05) is 19.0 Å². The molecule has 0 spiro atoms. The van der Waals surface area contributed by atoms with Crippen LogP contribution in [0.3, 0.4) is 0 Å². The summed E-state index contributed by atoms with van der Waals surface area (Å²) in [6.07, 6.45) is 0.902. The zero-order chi connectivity index (χ0) is 11.5. The molecule has 2 N–H and O–H groups in total. The molecular weight excluding hydrogens is 206 g/mol. The minimum atomic E-state index is -0.734. The van der Waals surface area contributed by atoms with E-state index in [-0.39, 0.29) is 6.42 Å². The molecule has 2 rings (SSSR count). The van der Waals surface area contributed by atoms with E-state index in [2.05, 4.69) is 5.32 Å². The summed E-state index contributed by atoms with van der Waals surface area (Å²) in [4.78, 5) is 10.5. The van der Waals surface area contributed by atoms with Gasteiger partial charge in [-0.1, -0.05) is 6.07 Å². The summed E-state index contributed by atoms with van der Waals surface area (Å²) in [5, 5.41) is 11.9. The molecular formula is C12H15NO3. The van der Waals surface area contributed by atoms with E-state index in [1.807, 2.05) is 18.2 Å². The van der Waals surface area contributed by atoms with Crippen LogP contribution in [0.2, 0.25) is 0 Å². The van der Waals surface area contributed by atoms with Crippen LogP contribution < -0.4 is 10.1 Å². The number of methoxy groups -OCH3 is 1. The van der Waals surface area contributed by atoms with Crippen molar-refractivity contribution in [1.82, 2.24) is 0 Å². The van der Waals surface area contributed by atoms with Gasteiger partial charge < -0.3 is 15.2 Å². The first-order chi connectivity index (χ1) is 7.70. The number of rotatable bonds is 4. The normalized spacial score (nSPS) is 17.7. The van der Waals surface area contributed by atoms with Crippen molar-refractivity contribution < 1.29 is 14.6 Å². The summed E-state index contributed by atoms with van der Waals surface area (Å²) >= 11 is 0. The second-order valence-electron chi connectivity index (χ2n) is 3.96. The summed E-state index contributed by atoms with van der Waals surface area (Å²) in [7, 11) is 1.64. The Morgan fingerprint density at radius 2 is 2.44 bits per heavy atom. The van der Waals surface area contributed by atoms with Crippen LogP contribution in [-0.2, 0) is 4.79 Å². The molecule has 1 heterocycles. The fourth-order valence-corrected chi connectivity index (χ4v) is 2.07. The van der Waals surface area contributed by atoms with Crippen molar-refractivity contribution in [2.45, 2.75) is 18.8 Å². The van der Waals surface area contributed by atoms with E-state index >= 15 is 0 Å². The topological polar surface area (TPSA) is 58.6 Å². The number of benzene rings is 1. The largest absolute Gasteiger partial charge is 0.497 e. The Bertz CT molecular complexity index is 403. The first kappa shape index (κ1) is 10.8. The molecule has 0 aliphatic carbocycles. The molecule has 0 saturated heterocycles.